The standard InChI is InChI=1S/C13H19FN2O2S2/c1-9-10(2)19-6-5-16(9)20(17,18)13-4-3-11(8-15)7-12(13)14/h3-4,7,9-10H,5-6,8,15H2,1-2H3. The van der Waals surface area contributed by atoms with Crippen molar-refractivity contribution in [1.29, 1.82) is 0 Å². The molecule has 1 fully saturated rings. The molecule has 2 unspecified atom stereocenters. The van der Waals surface area contributed by atoms with Crippen molar-refractivity contribution in [3.8, 4) is 0 Å². The Morgan fingerprint density at radius 2 is 2.15 bits per heavy atom. The van der Waals surface area contributed by atoms with Crippen LogP contribution in [-0.4, -0.2) is 36.3 Å². The molecule has 2 atom stereocenters. The summed E-state index contributed by atoms with van der Waals surface area (Å²) in [6.07, 6.45) is 0. The highest BCUT2D eigenvalue weighted by atomic mass is 32.2. The van der Waals surface area contributed by atoms with Gasteiger partial charge in [-0.25, -0.2) is 12.8 Å². The van der Waals surface area contributed by atoms with Gasteiger partial charge < -0.3 is 5.73 Å². The van der Waals surface area contributed by atoms with Crippen LogP contribution in [0.5, 0.6) is 0 Å². The molecule has 20 heavy (non-hydrogen) atoms. The third-order valence-electron chi connectivity index (χ3n) is 3.64. The third kappa shape index (κ3) is 2.86. The molecule has 1 aromatic rings. The number of sulfonamides is 1. The first-order valence-corrected chi connectivity index (χ1v) is 8.98. The highest BCUT2D eigenvalue weighted by Gasteiger charge is 2.36. The van der Waals surface area contributed by atoms with E-state index in [1.54, 1.807) is 17.8 Å². The number of rotatable bonds is 3. The average Bonchev–Trinajstić information content (AvgIpc) is 2.41. The van der Waals surface area contributed by atoms with Crippen LogP contribution in [0.1, 0.15) is 19.4 Å². The zero-order chi connectivity index (χ0) is 14.9. The van der Waals surface area contributed by atoms with Crippen LogP contribution in [-0.2, 0) is 16.6 Å². The van der Waals surface area contributed by atoms with Crippen molar-refractivity contribution in [2.24, 2.45) is 5.73 Å². The lowest BCUT2D eigenvalue weighted by molar-refractivity contribution is 0.338. The molecule has 1 saturated heterocycles. The van der Waals surface area contributed by atoms with E-state index in [9.17, 15) is 12.8 Å². The fourth-order valence-corrected chi connectivity index (χ4v) is 5.29. The average molecular weight is 318 g/mol. The van der Waals surface area contributed by atoms with Crippen molar-refractivity contribution >= 4 is 21.8 Å². The van der Waals surface area contributed by atoms with Crippen molar-refractivity contribution in [2.45, 2.75) is 36.6 Å². The molecule has 0 saturated carbocycles. The Hall–Kier alpha value is -0.630. The Labute approximate surface area is 123 Å². The molecule has 1 aromatic carbocycles. The maximum atomic E-state index is 14.0. The number of hydrogen-bond donors (Lipinski definition) is 1. The van der Waals surface area contributed by atoms with Crippen LogP contribution in [0.4, 0.5) is 4.39 Å². The minimum Gasteiger partial charge on any atom is -0.326 e. The van der Waals surface area contributed by atoms with E-state index in [2.05, 4.69) is 0 Å². The Kier molecular flexibility index (Phi) is 4.73. The molecule has 1 aliphatic heterocycles. The monoisotopic (exact) mass is 318 g/mol. The van der Waals surface area contributed by atoms with Crippen molar-refractivity contribution in [2.75, 3.05) is 12.3 Å². The van der Waals surface area contributed by atoms with Crippen LogP contribution in [0.3, 0.4) is 0 Å². The van der Waals surface area contributed by atoms with Crippen LogP contribution in [0.25, 0.3) is 0 Å². The number of benzene rings is 1. The largest absolute Gasteiger partial charge is 0.326 e. The lowest BCUT2D eigenvalue weighted by Crippen LogP contribution is -2.48. The van der Waals surface area contributed by atoms with Gasteiger partial charge in [0.25, 0.3) is 0 Å². The van der Waals surface area contributed by atoms with E-state index < -0.39 is 15.8 Å². The zero-order valence-corrected chi connectivity index (χ0v) is 13.2. The molecule has 0 spiro atoms. The van der Waals surface area contributed by atoms with E-state index in [1.165, 1.54) is 16.4 Å². The number of halogens is 1. The second-order valence-electron chi connectivity index (χ2n) is 4.90. The maximum absolute atomic E-state index is 14.0. The van der Waals surface area contributed by atoms with Crippen molar-refractivity contribution in [3.05, 3.63) is 29.6 Å². The highest BCUT2D eigenvalue weighted by molar-refractivity contribution is 8.00. The molecule has 1 heterocycles. The third-order valence-corrected chi connectivity index (χ3v) is 7.00. The number of nitrogens with zero attached hydrogens (tertiary/aromatic N) is 1. The van der Waals surface area contributed by atoms with Crippen LogP contribution >= 0.6 is 11.8 Å². The molecule has 4 nitrogen and oxygen atoms in total. The minimum absolute atomic E-state index is 0.146. The summed E-state index contributed by atoms with van der Waals surface area (Å²) < 4.78 is 40.7. The second-order valence-corrected chi connectivity index (χ2v) is 8.25. The first-order valence-electron chi connectivity index (χ1n) is 6.50. The lowest BCUT2D eigenvalue weighted by Gasteiger charge is -2.36. The Morgan fingerprint density at radius 3 is 2.75 bits per heavy atom. The molecule has 0 bridgehead atoms. The van der Waals surface area contributed by atoms with E-state index in [4.69, 9.17) is 5.73 Å². The molecule has 1 aliphatic rings. The van der Waals surface area contributed by atoms with E-state index in [0.29, 0.717) is 12.1 Å². The van der Waals surface area contributed by atoms with Gasteiger partial charge in [0.2, 0.25) is 10.0 Å². The predicted octanol–water partition coefficient (Wildman–Crippen LogP) is 1.80. The summed E-state index contributed by atoms with van der Waals surface area (Å²) in [6.45, 7) is 4.45. The fourth-order valence-electron chi connectivity index (χ4n) is 2.25. The van der Waals surface area contributed by atoms with Crippen LogP contribution < -0.4 is 5.73 Å². The molecule has 0 amide bonds. The Morgan fingerprint density at radius 1 is 1.45 bits per heavy atom. The van der Waals surface area contributed by atoms with E-state index in [1.807, 2.05) is 13.8 Å². The van der Waals surface area contributed by atoms with Gasteiger partial charge in [0.15, 0.2) is 0 Å². The Balaban J connectivity index is 2.39. The number of hydrogen-bond acceptors (Lipinski definition) is 4. The summed E-state index contributed by atoms with van der Waals surface area (Å²) in [7, 11) is -3.80. The summed E-state index contributed by atoms with van der Waals surface area (Å²) in [5.41, 5.74) is 6.01. The van der Waals surface area contributed by atoms with E-state index >= 15 is 0 Å². The minimum atomic E-state index is -3.80. The normalized spacial score (nSPS) is 24.8. The molecular weight excluding hydrogens is 299 g/mol. The molecule has 112 valence electrons. The first kappa shape index (κ1) is 15.8. The lowest BCUT2D eigenvalue weighted by atomic mass is 10.2. The van der Waals surface area contributed by atoms with Gasteiger partial charge in [0, 0.05) is 30.1 Å². The van der Waals surface area contributed by atoms with Gasteiger partial charge in [0.05, 0.1) is 0 Å². The maximum Gasteiger partial charge on any atom is 0.246 e. The van der Waals surface area contributed by atoms with Crippen LogP contribution in [0.15, 0.2) is 23.1 Å². The summed E-state index contributed by atoms with van der Waals surface area (Å²) in [6, 6.07) is 3.92. The van der Waals surface area contributed by atoms with Crippen molar-refractivity contribution in [1.82, 2.24) is 4.31 Å². The van der Waals surface area contributed by atoms with Gasteiger partial charge in [-0.15, -0.1) is 0 Å². The zero-order valence-electron chi connectivity index (χ0n) is 11.5. The molecule has 0 aliphatic carbocycles. The van der Waals surface area contributed by atoms with Crippen LogP contribution in [0, 0.1) is 5.82 Å². The van der Waals surface area contributed by atoms with Crippen molar-refractivity contribution < 1.29 is 12.8 Å². The fraction of sp³-hybridized carbons (Fsp3) is 0.538. The molecule has 2 rings (SSSR count). The van der Waals surface area contributed by atoms with Gasteiger partial charge in [-0.05, 0) is 24.6 Å². The quantitative estimate of drug-likeness (QED) is 0.923. The summed E-state index contributed by atoms with van der Waals surface area (Å²) in [5, 5.41) is 0.199. The summed E-state index contributed by atoms with van der Waals surface area (Å²) >= 11 is 1.74. The van der Waals surface area contributed by atoms with E-state index in [0.717, 1.165) is 5.75 Å². The second kappa shape index (κ2) is 6.01. The van der Waals surface area contributed by atoms with Gasteiger partial charge in [-0.2, -0.15) is 16.1 Å². The van der Waals surface area contributed by atoms with Gasteiger partial charge in [0.1, 0.15) is 10.7 Å². The first-order chi connectivity index (χ1) is 9.37. The smallest absolute Gasteiger partial charge is 0.246 e. The number of thioether (sulfide) groups is 1. The topological polar surface area (TPSA) is 63.4 Å². The molecule has 0 aromatic heterocycles. The predicted molar refractivity (Wildman–Crippen MR) is 79.6 cm³/mol. The van der Waals surface area contributed by atoms with E-state index in [-0.39, 0.29) is 22.7 Å². The molecule has 7 heteroatoms. The molecule has 0 radical (unpaired) electrons. The van der Waals surface area contributed by atoms with Crippen LogP contribution in [0.2, 0.25) is 0 Å². The summed E-state index contributed by atoms with van der Waals surface area (Å²) in [5.74, 6) is -0.00112. The van der Waals surface area contributed by atoms with Gasteiger partial charge in [-0.1, -0.05) is 13.0 Å². The molecule has 2 N–H and O–H groups in total. The number of nitrogens with two attached hydrogens (primary N) is 1. The van der Waals surface area contributed by atoms with Gasteiger partial charge in [-0.3, -0.25) is 0 Å². The van der Waals surface area contributed by atoms with Crippen molar-refractivity contribution in [3.63, 3.8) is 0 Å². The summed E-state index contributed by atoms with van der Waals surface area (Å²) in [4.78, 5) is -0.263. The van der Waals surface area contributed by atoms with Gasteiger partial charge >= 0.3 is 0 Å². The highest BCUT2D eigenvalue weighted by Crippen LogP contribution is 2.30. The Bertz CT molecular complexity index is 592. The molecular formula is C13H19FN2O2S2. The SMILES string of the molecule is CC1SCCN(S(=O)(=O)c2ccc(CN)cc2F)C1C.